The fraction of sp³-hybridized carbons (Fsp3) is 0.900. The van der Waals surface area contributed by atoms with Crippen molar-refractivity contribution >= 4 is 17.5 Å². The van der Waals surface area contributed by atoms with E-state index in [0.29, 0.717) is 5.88 Å². The Morgan fingerprint density at radius 1 is 1.46 bits per heavy atom. The van der Waals surface area contributed by atoms with Gasteiger partial charge in [0.1, 0.15) is 0 Å². The molecular weight excluding hydrogens is 186 g/mol. The van der Waals surface area contributed by atoms with E-state index in [1.165, 1.54) is 0 Å². The van der Waals surface area contributed by atoms with Crippen LogP contribution in [0.3, 0.4) is 0 Å². The van der Waals surface area contributed by atoms with Crippen molar-refractivity contribution in [2.75, 3.05) is 19.5 Å². The lowest BCUT2D eigenvalue weighted by Gasteiger charge is -2.28. The fourth-order valence-corrected chi connectivity index (χ4v) is 1.36. The Labute approximate surface area is 86.2 Å². The first-order valence-corrected chi connectivity index (χ1v) is 5.12. The highest BCUT2D eigenvalue weighted by atomic mass is 35.5. The molecule has 0 heterocycles. The van der Waals surface area contributed by atoms with Gasteiger partial charge in [-0.3, -0.25) is 4.79 Å². The molecule has 0 aliphatic heterocycles. The summed E-state index contributed by atoms with van der Waals surface area (Å²) in [6, 6.07) is 0. The van der Waals surface area contributed by atoms with E-state index in [0.717, 1.165) is 6.54 Å². The minimum Gasteiger partial charge on any atom is -0.345 e. The summed E-state index contributed by atoms with van der Waals surface area (Å²) in [7, 11) is 1.83. The number of hydrogen-bond donors (Lipinski definition) is 0. The van der Waals surface area contributed by atoms with E-state index in [9.17, 15) is 4.79 Å². The minimum atomic E-state index is -0.0750. The molecule has 0 aromatic heterocycles. The summed E-state index contributed by atoms with van der Waals surface area (Å²) in [5.74, 6) is 0.451. The predicted molar refractivity (Wildman–Crippen MR) is 57.0 cm³/mol. The first-order chi connectivity index (χ1) is 5.78. The van der Waals surface area contributed by atoms with Gasteiger partial charge in [-0.25, -0.2) is 0 Å². The fourth-order valence-electron chi connectivity index (χ4n) is 1.23. The van der Waals surface area contributed by atoms with Crippen molar-refractivity contribution in [1.82, 2.24) is 4.90 Å². The molecular formula is C10H20ClNO. The molecule has 0 N–H and O–H groups in total. The van der Waals surface area contributed by atoms with E-state index in [1.54, 1.807) is 4.90 Å². The lowest BCUT2D eigenvalue weighted by molar-refractivity contribution is -0.134. The van der Waals surface area contributed by atoms with Crippen LogP contribution in [0.2, 0.25) is 0 Å². The Morgan fingerprint density at radius 2 is 1.92 bits per heavy atom. The Bertz CT molecular complexity index is 174. The summed E-state index contributed by atoms with van der Waals surface area (Å²) in [5.41, 5.74) is 0.149. The second-order valence-electron chi connectivity index (χ2n) is 4.81. The van der Waals surface area contributed by atoms with Crippen LogP contribution in [0.1, 0.15) is 27.7 Å². The molecule has 2 nitrogen and oxygen atoms in total. The van der Waals surface area contributed by atoms with Gasteiger partial charge in [0.2, 0.25) is 5.91 Å². The number of nitrogens with zero attached hydrogens (tertiary/aromatic N) is 1. The van der Waals surface area contributed by atoms with Gasteiger partial charge in [-0.2, -0.15) is 0 Å². The summed E-state index contributed by atoms with van der Waals surface area (Å²) in [6.45, 7) is 8.97. The number of halogens is 1. The van der Waals surface area contributed by atoms with E-state index in [-0.39, 0.29) is 17.2 Å². The molecule has 1 atom stereocenters. The smallest absolute Gasteiger partial charge is 0.226 e. The Balaban J connectivity index is 4.12. The number of amides is 1. The maximum absolute atomic E-state index is 11.6. The van der Waals surface area contributed by atoms with Crippen LogP contribution >= 0.6 is 11.6 Å². The number of alkyl halides is 1. The van der Waals surface area contributed by atoms with Crippen LogP contribution in [-0.2, 0) is 4.79 Å². The van der Waals surface area contributed by atoms with Gasteiger partial charge in [-0.15, -0.1) is 11.6 Å². The maximum atomic E-state index is 11.6. The average molecular weight is 206 g/mol. The zero-order valence-electron chi connectivity index (χ0n) is 9.22. The normalized spacial score (nSPS) is 14.0. The zero-order valence-corrected chi connectivity index (χ0v) is 9.98. The van der Waals surface area contributed by atoms with E-state index < -0.39 is 0 Å². The van der Waals surface area contributed by atoms with E-state index in [4.69, 9.17) is 11.6 Å². The largest absolute Gasteiger partial charge is 0.345 e. The molecule has 3 heteroatoms. The molecule has 0 spiro atoms. The van der Waals surface area contributed by atoms with Crippen LogP contribution in [0.5, 0.6) is 0 Å². The summed E-state index contributed by atoms with van der Waals surface area (Å²) < 4.78 is 0. The molecule has 78 valence electrons. The number of hydrogen-bond acceptors (Lipinski definition) is 1. The van der Waals surface area contributed by atoms with Crippen molar-refractivity contribution in [3.05, 3.63) is 0 Å². The van der Waals surface area contributed by atoms with Gasteiger partial charge >= 0.3 is 0 Å². The Morgan fingerprint density at radius 3 is 2.23 bits per heavy atom. The number of rotatable bonds is 3. The van der Waals surface area contributed by atoms with Crippen LogP contribution in [0, 0.1) is 11.3 Å². The third kappa shape index (κ3) is 5.14. The highest BCUT2D eigenvalue weighted by molar-refractivity contribution is 6.19. The van der Waals surface area contributed by atoms with Gasteiger partial charge in [0.25, 0.3) is 0 Å². The molecule has 0 bridgehead atoms. The summed E-state index contributed by atoms with van der Waals surface area (Å²) in [5, 5.41) is 0. The van der Waals surface area contributed by atoms with Gasteiger partial charge in [0.05, 0.1) is 0 Å². The lowest BCUT2D eigenvalue weighted by Crippen LogP contribution is -2.38. The minimum absolute atomic E-state index is 0.0750. The highest BCUT2D eigenvalue weighted by Gasteiger charge is 2.21. The molecule has 0 rings (SSSR count). The van der Waals surface area contributed by atoms with Crippen LogP contribution < -0.4 is 0 Å². The zero-order chi connectivity index (χ0) is 10.6. The van der Waals surface area contributed by atoms with E-state index in [1.807, 2.05) is 14.0 Å². The van der Waals surface area contributed by atoms with Gasteiger partial charge < -0.3 is 4.90 Å². The van der Waals surface area contributed by atoms with Crippen molar-refractivity contribution < 1.29 is 4.79 Å². The van der Waals surface area contributed by atoms with Gasteiger partial charge in [-0.05, 0) is 5.41 Å². The molecule has 1 unspecified atom stereocenters. The molecule has 0 saturated heterocycles. The summed E-state index contributed by atoms with van der Waals surface area (Å²) >= 11 is 5.61. The molecule has 13 heavy (non-hydrogen) atoms. The van der Waals surface area contributed by atoms with Crippen LogP contribution in [0.4, 0.5) is 0 Å². The average Bonchev–Trinajstić information content (AvgIpc) is 1.98. The van der Waals surface area contributed by atoms with E-state index in [2.05, 4.69) is 20.8 Å². The van der Waals surface area contributed by atoms with Crippen LogP contribution in [0.15, 0.2) is 0 Å². The topological polar surface area (TPSA) is 20.3 Å². The van der Waals surface area contributed by atoms with Crippen molar-refractivity contribution in [3.63, 3.8) is 0 Å². The molecule has 1 amide bonds. The second kappa shape index (κ2) is 4.85. The summed E-state index contributed by atoms with van der Waals surface area (Å²) in [4.78, 5) is 13.4. The third-order valence-electron chi connectivity index (χ3n) is 1.74. The first-order valence-electron chi connectivity index (χ1n) is 4.59. The van der Waals surface area contributed by atoms with Crippen molar-refractivity contribution in [2.45, 2.75) is 27.7 Å². The second-order valence-corrected chi connectivity index (χ2v) is 5.12. The standard InChI is InChI=1S/C10H20ClNO/c1-8(6-11)9(13)12(5)7-10(2,3)4/h8H,6-7H2,1-5H3. The maximum Gasteiger partial charge on any atom is 0.226 e. The molecule has 0 fully saturated rings. The van der Waals surface area contributed by atoms with Crippen LogP contribution in [0.25, 0.3) is 0 Å². The van der Waals surface area contributed by atoms with Gasteiger partial charge in [0, 0.05) is 25.4 Å². The SMILES string of the molecule is CC(CCl)C(=O)N(C)CC(C)(C)C. The highest BCUT2D eigenvalue weighted by Crippen LogP contribution is 2.15. The van der Waals surface area contributed by atoms with Crippen molar-refractivity contribution in [2.24, 2.45) is 11.3 Å². The molecule has 0 saturated carbocycles. The predicted octanol–water partition coefficient (Wildman–Crippen LogP) is 2.37. The molecule has 0 aliphatic carbocycles. The summed E-state index contributed by atoms with van der Waals surface area (Å²) in [6.07, 6.45) is 0. The number of carbonyl (C=O) groups excluding carboxylic acids is 1. The Hall–Kier alpha value is -0.240. The Kier molecular flexibility index (Phi) is 4.76. The van der Waals surface area contributed by atoms with E-state index >= 15 is 0 Å². The molecule has 0 radical (unpaired) electrons. The van der Waals surface area contributed by atoms with Crippen molar-refractivity contribution in [1.29, 1.82) is 0 Å². The monoisotopic (exact) mass is 205 g/mol. The van der Waals surface area contributed by atoms with Gasteiger partial charge in [-0.1, -0.05) is 27.7 Å². The van der Waals surface area contributed by atoms with Crippen LogP contribution in [-0.4, -0.2) is 30.3 Å². The van der Waals surface area contributed by atoms with Gasteiger partial charge in [0.15, 0.2) is 0 Å². The number of carbonyl (C=O) groups is 1. The molecule has 0 aromatic carbocycles. The third-order valence-corrected chi connectivity index (χ3v) is 2.20. The lowest BCUT2D eigenvalue weighted by atomic mass is 9.96. The molecule has 0 aliphatic rings. The molecule has 0 aromatic rings. The van der Waals surface area contributed by atoms with Crippen molar-refractivity contribution in [3.8, 4) is 0 Å². The first kappa shape index (κ1) is 12.8. The quantitative estimate of drug-likeness (QED) is 0.648.